The van der Waals surface area contributed by atoms with Gasteiger partial charge in [0.25, 0.3) is 0 Å². The molecule has 0 saturated heterocycles. The molecule has 3 rings (SSSR count). The predicted octanol–water partition coefficient (Wildman–Crippen LogP) is 3.20. The first-order valence-electron chi connectivity index (χ1n) is 8.14. The fourth-order valence-electron chi connectivity index (χ4n) is 3.08. The summed E-state index contributed by atoms with van der Waals surface area (Å²) < 4.78 is 1.63. The molecule has 7 heteroatoms. The molecular formula is C17H21ClN4O2. The fraction of sp³-hybridized carbons (Fsp3) is 0.412. The van der Waals surface area contributed by atoms with Crippen molar-refractivity contribution in [2.75, 3.05) is 11.9 Å². The monoisotopic (exact) mass is 348 g/mol. The number of para-hydroxylation sites is 1. The minimum atomic E-state index is -0.252. The number of urea groups is 1. The molecule has 0 bridgehead atoms. The lowest BCUT2D eigenvalue weighted by Gasteiger charge is -2.28. The Morgan fingerprint density at radius 1 is 1.29 bits per heavy atom. The third-order valence-corrected chi connectivity index (χ3v) is 4.71. The standard InChI is InChI=1S/C17H21ClN4O2/c18-14-3-1-4-15(16(14)22-10-2-9-19-22)21-17(24)20-13-7-5-12(11-23)6-8-13/h1-4,9-10,12-13,23H,5-8,11H2,(H2,20,21,24). The molecule has 2 amide bonds. The number of carbonyl (C=O) groups excluding carboxylic acids is 1. The van der Waals surface area contributed by atoms with Crippen LogP contribution in [0, 0.1) is 5.92 Å². The van der Waals surface area contributed by atoms with Gasteiger partial charge in [-0.25, -0.2) is 9.48 Å². The second kappa shape index (κ2) is 7.68. The van der Waals surface area contributed by atoms with E-state index in [0.29, 0.717) is 22.3 Å². The van der Waals surface area contributed by atoms with Crippen molar-refractivity contribution in [3.05, 3.63) is 41.7 Å². The number of anilines is 1. The van der Waals surface area contributed by atoms with Crippen LogP contribution in [0.4, 0.5) is 10.5 Å². The number of aliphatic hydroxyl groups excluding tert-OH is 1. The van der Waals surface area contributed by atoms with Gasteiger partial charge in [0.1, 0.15) is 5.69 Å². The first-order chi connectivity index (χ1) is 11.7. The predicted molar refractivity (Wildman–Crippen MR) is 93.6 cm³/mol. The van der Waals surface area contributed by atoms with Crippen LogP contribution in [0.1, 0.15) is 25.7 Å². The molecule has 1 aliphatic carbocycles. The molecule has 0 unspecified atom stereocenters. The molecule has 6 nitrogen and oxygen atoms in total. The molecule has 1 aromatic heterocycles. The third kappa shape index (κ3) is 3.88. The zero-order valence-electron chi connectivity index (χ0n) is 13.3. The normalized spacial score (nSPS) is 20.6. The number of halogens is 1. The van der Waals surface area contributed by atoms with Gasteiger partial charge in [0.05, 0.1) is 10.7 Å². The van der Waals surface area contributed by atoms with Crippen molar-refractivity contribution in [2.24, 2.45) is 5.92 Å². The minimum absolute atomic E-state index is 0.139. The lowest BCUT2D eigenvalue weighted by Crippen LogP contribution is -2.40. The molecule has 0 aliphatic heterocycles. The fourth-order valence-corrected chi connectivity index (χ4v) is 3.34. The molecule has 128 valence electrons. The van der Waals surface area contributed by atoms with Crippen molar-refractivity contribution in [1.29, 1.82) is 0 Å². The van der Waals surface area contributed by atoms with Crippen LogP contribution < -0.4 is 10.6 Å². The number of nitrogens with zero attached hydrogens (tertiary/aromatic N) is 2. The van der Waals surface area contributed by atoms with E-state index in [9.17, 15) is 9.90 Å². The summed E-state index contributed by atoms with van der Waals surface area (Å²) in [5, 5.41) is 19.7. The average Bonchev–Trinajstić information content (AvgIpc) is 3.09. The Kier molecular flexibility index (Phi) is 5.37. The van der Waals surface area contributed by atoms with Crippen LogP contribution in [0.25, 0.3) is 5.69 Å². The molecule has 1 heterocycles. The van der Waals surface area contributed by atoms with E-state index in [-0.39, 0.29) is 18.7 Å². The number of hydrogen-bond donors (Lipinski definition) is 3. The summed E-state index contributed by atoms with van der Waals surface area (Å²) in [6, 6.07) is 7.03. The smallest absolute Gasteiger partial charge is 0.319 e. The summed E-state index contributed by atoms with van der Waals surface area (Å²) in [5.41, 5.74) is 1.25. The highest BCUT2D eigenvalue weighted by Crippen LogP contribution is 2.28. The maximum Gasteiger partial charge on any atom is 0.319 e. The van der Waals surface area contributed by atoms with Gasteiger partial charge in [0, 0.05) is 25.0 Å². The highest BCUT2D eigenvalue weighted by molar-refractivity contribution is 6.33. The van der Waals surface area contributed by atoms with Gasteiger partial charge in [-0.3, -0.25) is 0 Å². The van der Waals surface area contributed by atoms with Crippen molar-refractivity contribution in [1.82, 2.24) is 15.1 Å². The van der Waals surface area contributed by atoms with Gasteiger partial charge in [0.2, 0.25) is 0 Å². The van der Waals surface area contributed by atoms with Gasteiger partial charge in [-0.1, -0.05) is 17.7 Å². The van der Waals surface area contributed by atoms with Crippen LogP contribution in [0.2, 0.25) is 5.02 Å². The summed E-state index contributed by atoms with van der Waals surface area (Å²) in [4.78, 5) is 12.3. The van der Waals surface area contributed by atoms with E-state index in [1.54, 1.807) is 41.3 Å². The summed E-state index contributed by atoms with van der Waals surface area (Å²) in [7, 11) is 0. The van der Waals surface area contributed by atoms with Gasteiger partial charge >= 0.3 is 6.03 Å². The van der Waals surface area contributed by atoms with Crippen molar-refractivity contribution in [3.63, 3.8) is 0 Å². The SMILES string of the molecule is O=C(Nc1cccc(Cl)c1-n1cccn1)NC1CCC(CO)CC1. The van der Waals surface area contributed by atoms with E-state index in [1.807, 2.05) is 0 Å². The Hall–Kier alpha value is -2.05. The van der Waals surface area contributed by atoms with Gasteiger partial charge in [-0.2, -0.15) is 5.10 Å². The van der Waals surface area contributed by atoms with Crippen LogP contribution in [-0.2, 0) is 0 Å². The van der Waals surface area contributed by atoms with Gasteiger partial charge < -0.3 is 15.7 Å². The van der Waals surface area contributed by atoms with E-state index < -0.39 is 0 Å². The van der Waals surface area contributed by atoms with Crippen molar-refractivity contribution < 1.29 is 9.90 Å². The molecule has 1 fully saturated rings. The topological polar surface area (TPSA) is 79.2 Å². The van der Waals surface area contributed by atoms with Crippen molar-refractivity contribution in [3.8, 4) is 5.69 Å². The number of nitrogens with one attached hydrogen (secondary N) is 2. The molecule has 0 spiro atoms. The number of aromatic nitrogens is 2. The highest BCUT2D eigenvalue weighted by atomic mass is 35.5. The summed E-state index contributed by atoms with van der Waals surface area (Å²) >= 11 is 6.27. The molecule has 3 N–H and O–H groups in total. The number of amides is 2. The van der Waals surface area contributed by atoms with Gasteiger partial charge in [0.15, 0.2) is 0 Å². The summed E-state index contributed by atoms with van der Waals surface area (Å²) in [6.45, 7) is 0.231. The first kappa shape index (κ1) is 16.8. The van der Waals surface area contributed by atoms with E-state index >= 15 is 0 Å². The Morgan fingerprint density at radius 3 is 2.75 bits per heavy atom. The van der Waals surface area contributed by atoms with Crippen LogP contribution >= 0.6 is 11.6 Å². The number of benzene rings is 1. The molecule has 1 saturated carbocycles. The maximum absolute atomic E-state index is 12.3. The van der Waals surface area contributed by atoms with Crippen LogP contribution in [0.3, 0.4) is 0 Å². The summed E-state index contributed by atoms with van der Waals surface area (Å²) in [6.07, 6.45) is 7.10. The molecule has 1 aliphatic rings. The summed E-state index contributed by atoms with van der Waals surface area (Å²) in [5.74, 6) is 0.366. The zero-order chi connectivity index (χ0) is 16.9. The highest BCUT2D eigenvalue weighted by Gasteiger charge is 2.22. The molecule has 2 aromatic rings. The van der Waals surface area contributed by atoms with Crippen molar-refractivity contribution in [2.45, 2.75) is 31.7 Å². The second-order valence-corrected chi connectivity index (χ2v) is 6.49. The van der Waals surface area contributed by atoms with E-state index in [1.165, 1.54) is 0 Å². The molecule has 24 heavy (non-hydrogen) atoms. The molecule has 1 aromatic carbocycles. The van der Waals surface area contributed by atoms with Gasteiger partial charge in [-0.15, -0.1) is 0 Å². The molecule has 0 radical (unpaired) electrons. The lowest BCUT2D eigenvalue weighted by molar-refractivity contribution is 0.176. The Bertz CT molecular complexity index is 682. The molecular weight excluding hydrogens is 328 g/mol. The minimum Gasteiger partial charge on any atom is -0.396 e. The maximum atomic E-state index is 12.3. The number of rotatable bonds is 4. The lowest BCUT2D eigenvalue weighted by atomic mass is 9.87. The van der Waals surface area contributed by atoms with E-state index in [0.717, 1.165) is 25.7 Å². The average molecular weight is 349 g/mol. The first-order valence-corrected chi connectivity index (χ1v) is 8.52. The van der Waals surface area contributed by atoms with Crippen LogP contribution in [0.15, 0.2) is 36.7 Å². The van der Waals surface area contributed by atoms with Crippen LogP contribution in [0.5, 0.6) is 0 Å². The Morgan fingerprint density at radius 2 is 2.08 bits per heavy atom. The number of hydrogen-bond acceptors (Lipinski definition) is 3. The Labute approximate surface area is 145 Å². The zero-order valence-corrected chi connectivity index (χ0v) is 14.0. The Balaban J connectivity index is 1.66. The second-order valence-electron chi connectivity index (χ2n) is 6.09. The number of carbonyl (C=O) groups is 1. The third-order valence-electron chi connectivity index (χ3n) is 4.41. The van der Waals surface area contributed by atoms with Crippen LogP contribution in [-0.4, -0.2) is 33.6 Å². The van der Waals surface area contributed by atoms with E-state index in [4.69, 9.17) is 11.6 Å². The number of aliphatic hydroxyl groups is 1. The largest absolute Gasteiger partial charge is 0.396 e. The quantitative estimate of drug-likeness (QED) is 0.793. The van der Waals surface area contributed by atoms with Crippen molar-refractivity contribution >= 4 is 23.3 Å². The van der Waals surface area contributed by atoms with E-state index in [2.05, 4.69) is 15.7 Å². The molecule has 0 atom stereocenters. The van der Waals surface area contributed by atoms with Gasteiger partial charge in [-0.05, 0) is 49.8 Å².